The fraction of sp³-hybridized carbons (Fsp3) is 0.333. The van der Waals surface area contributed by atoms with Gasteiger partial charge in [-0.25, -0.2) is 4.79 Å². The Bertz CT molecular complexity index is 1230. The van der Waals surface area contributed by atoms with Gasteiger partial charge in [-0.2, -0.15) is 0 Å². The highest BCUT2D eigenvalue weighted by molar-refractivity contribution is 5.88. The molecule has 0 saturated carbocycles. The lowest BCUT2D eigenvalue weighted by Gasteiger charge is -2.41. The molecule has 0 unspecified atom stereocenters. The van der Waals surface area contributed by atoms with Crippen molar-refractivity contribution in [2.75, 3.05) is 26.7 Å². The summed E-state index contributed by atoms with van der Waals surface area (Å²) in [4.78, 5) is 29.8. The third-order valence-electron chi connectivity index (χ3n) is 7.82. The summed E-state index contributed by atoms with van der Waals surface area (Å²) >= 11 is 0. The molecule has 0 bridgehead atoms. The van der Waals surface area contributed by atoms with Gasteiger partial charge in [0.25, 0.3) is 0 Å². The topological polar surface area (TPSA) is 70.1 Å². The number of nitrogens with zero attached hydrogens (tertiary/aromatic N) is 2. The summed E-state index contributed by atoms with van der Waals surface area (Å²) in [5.41, 5.74) is 3.14. The molecule has 2 aliphatic rings. The van der Waals surface area contributed by atoms with Crippen LogP contribution in [0, 0.1) is 5.41 Å². The van der Waals surface area contributed by atoms with Crippen molar-refractivity contribution in [3.8, 4) is 5.75 Å². The lowest BCUT2D eigenvalue weighted by molar-refractivity contribution is -0.139. The first kappa shape index (κ1) is 24.1. The minimum Gasteiger partial charge on any atom is -0.497 e. The number of carboxylic acid groups (broad SMARTS) is 1. The van der Waals surface area contributed by atoms with E-state index in [9.17, 15) is 14.7 Å². The molecule has 3 aromatic carbocycles. The Balaban J connectivity index is 1.38. The van der Waals surface area contributed by atoms with Gasteiger partial charge in [0.2, 0.25) is 5.91 Å². The van der Waals surface area contributed by atoms with Gasteiger partial charge in [0.05, 0.1) is 18.1 Å². The Kier molecular flexibility index (Phi) is 6.79. The maximum absolute atomic E-state index is 14.0. The summed E-state index contributed by atoms with van der Waals surface area (Å²) < 4.78 is 5.50. The van der Waals surface area contributed by atoms with Crippen molar-refractivity contribution in [3.05, 3.63) is 101 Å². The summed E-state index contributed by atoms with van der Waals surface area (Å²) in [6.45, 7) is 3.59. The number of rotatable bonds is 7. The average Bonchev–Trinajstić information content (AvgIpc) is 3.17. The van der Waals surface area contributed by atoms with Gasteiger partial charge in [-0.1, -0.05) is 54.6 Å². The molecule has 2 fully saturated rings. The zero-order chi connectivity index (χ0) is 25.1. The summed E-state index contributed by atoms with van der Waals surface area (Å²) in [5.74, 6) is 0.242. The highest BCUT2D eigenvalue weighted by Gasteiger charge is 2.55. The summed E-state index contributed by atoms with van der Waals surface area (Å²) in [6.07, 6.45) is 1.55. The molecule has 1 N–H and O–H groups in total. The van der Waals surface area contributed by atoms with E-state index in [-0.39, 0.29) is 11.8 Å². The third-order valence-corrected chi connectivity index (χ3v) is 7.82. The molecule has 0 aliphatic carbocycles. The molecule has 5 rings (SSSR count). The molecule has 2 aliphatic heterocycles. The number of amides is 1. The van der Waals surface area contributed by atoms with Crippen molar-refractivity contribution in [2.45, 2.75) is 31.8 Å². The van der Waals surface area contributed by atoms with Crippen LogP contribution in [0.4, 0.5) is 0 Å². The number of methoxy groups -OCH3 is 1. The number of benzene rings is 3. The van der Waals surface area contributed by atoms with Crippen molar-refractivity contribution < 1.29 is 19.4 Å². The van der Waals surface area contributed by atoms with Crippen molar-refractivity contribution in [1.82, 2.24) is 9.80 Å². The lowest BCUT2D eigenvalue weighted by Crippen LogP contribution is -2.46. The van der Waals surface area contributed by atoms with E-state index in [1.807, 2.05) is 41.3 Å². The average molecular weight is 485 g/mol. The molecule has 6 nitrogen and oxygen atoms in total. The van der Waals surface area contributed by atoms with Crippen molar-refractivity contribution >= 4 is 11.9 Å². The van der Waals surface area contributed by atoms with Crippen molar-refractivity contribution in [2.24, 2.45) is 5.41 Å². The maximum Gasteiger partial charge on any atom is 0.335 e. The van der Waals surface area contributed by atoms with E-state index in [1.54, 1.807) is 25.3 Å². The van der Waals surface area contributed by atoms with E-state index in [2.05, 4.69) is 29.2 Å². The Morgan fingerprint density at radius 1 is 0.944 bits per heavy atom. The van der Waals surface area contributed by atoms with Gasteiger partial charge in [-0.3, -0.25) is 9.69 Å². The van der Waals surface area contributed by atoms with E-state index in [0.29, 0.717) is 25.2 Å². The van der Waals surface area contributed by atoms with E-state index >= 15 is 0 Å². The number of hydrogen-bond donors (Lipinski definition) is 1. The molecule has 3 aromatic rings. The number of carboxylic acids is 1. The Morgan fingerprint density at radius 3 is 2.39 bits per heavy atom. The highest BCUT2D eigenvalue weighted by Crippen LogP contribution is 2.51. The van der Waals surface area contributed by atoms with Crippen LogP contribution in [0.5, 0.6) is 5.75 Å². The van der Waals surface area contributed by atoms with Gasteiger partial charge < -0.3 is 14.7 Å². The Hall–Kier alpha value is -3.64. The van der Waals surface area contributed by atoms with Crippen LogP contribution >= 0.6 is 0 Å². The summed E-state index contributed by atoms with van der Waals surface area (Å²) in [6, 6.07) is 25.5. The molecule has 6 heteroatoms. The predicted molar refractivity (Wildman–Crippen MR) is 138 cm³/mol. The Labute approximate surface area is 212 Å². The van der Waals surface area contributed by atoms with Gasteiger partial charge in [0.15, 0.2) is 0 Å². The van der Waals surface area contributed by atoms with Gasteiger partial charge in [-0.05, 0) is 66.9 Å². The van der Waals surface area contributed by atoms with Crippen LogP contribution in [0.25, 0.3) is 0 Å². The monoisotopic (exact) mass is 484 g/mol. The second-order valence-electron chi connectivity index (χ2n) is 9.94. The van der Waals surface area contributed by atoms with Crippen molar-refractivity contribution in [3.63, 3.8) is 0 Å². The summed E-state index contributed by atoms with van der Waals surface area (Å²) in [7, 11) is 1.67. The number of hydrogen-bond acceptors (Lipinski definition) is 4. The third kappa shape index (κ3) is 4.73. The van der Waals surface area contributed by atoms with Gasteiger partial charge in [-0.15, -0.1) is 0 Å². The fourth-order valence-electron chi connectivity index (χ4n) is 5.90. The fourth-order valence-corrected chi connectivity index (χ4v) is 5.90. The van der Waals surface area contributed by atoms with E-state index in [1.165, 1.54) is 0 Å². The minimum atomic E-state index is -0.911. The summed E-state index contributed by atoms with van der Waals surface area (Å²) in [5, 5.41) is 9.32. The lowest BCUT2D eigenvalue weighted by atomic mass is 9.68. The van der Waals surface area contributed by atoms with Crippen LogP contribution in [0.2, 0.25) is 0 Å². The molecular formula is C30H32N2O4. The SMILES string of the molecule is COc1cccc([C@@H]2CN(Cc3ccccc3)C(=O)C23CCN(Cc2cccc(C(=O)O)c2)CC3)c1. The number of piperidine rings is 1. The minimum absolute atomic E-state index is 0.0984. The molecule has 0 radical (unpaired) electrons. The normalized spacial score (nSPS) is 19.5. The molecular weight excluding hydrogens is 452 g/mol. The first-order chi connectivity index (χ1) is 17.5. The number of carbonyl (C=O) groups is 2. The van der Waals surface area contributed by atoms with Crippen LogP contribution in [-0.4, -0.2) is 53.5 Å². The van der Waals surface area contributed by atoms with Gasteiger partial charge >= 0.3 is 5.97 Å². The van der Waals surface area contributed by atoms with E-state index in [0.717, 1.165) is 48.4 Å². The van der Waals surface area contributed by atoms with Crippen LogP contribution < -0.4 is 4.74 Å². The quantitative estimate of drug-likeness (QED) is 0.522. The highest BCUT2D eigenvalue weighted by atomic mass is 16.5. The zero-order valence-electron chi connectivity index (χ0n) is 20.6. The molecule has 36 heavy (non-hydrogen) atoms. The molecule has 186 valence electrons. The largest absolute Gasteiger partial charge is 0.497 e. The second-order valence-corrected chi connectivity index (χ2v) is 9.94. The van der Waals surface area contributed by atoms with E-state index < -0.39 is 11.4 Å². The Morgan fingerprint density at radius 2 is 1.67 bits per heavy atom. The first-order valence-corrected chi connectivity index (χ1v) is 12.5. The van der Waals surface area contributed by atoms with Gasteiger partial charge in [0, 0.05) is 25.6 Å². The molecule has 1 spiro atoms. The molecule has 1 amide bonds. The van der Waals surface area contributed by atoms with Crippen LogP contribution in [0.3, 0.4) is 0 Å². The van der Waals surface area contributed by atoms with Crippen LogP contribution in [0.1, 0.15) is 45.8 Å². The second kappa shape index (κ2) is 10.2. The molecule has 0 aromatic heterocycles. The number of ether oxygens (including phenoxy) is 1. The predicted octanol–water partition coefficient (Wildman–Crippen LogP) is 4.80. The molecule has 1 atom stereocenters. The number of carbonyl (C=O) groups excluding carboxylic acids is 1. The zero-order valence-corrected chi connectivity index (χ0v) is 20.6. The standard InChI is InChI=1S/C30H32N2O4/c1-36-26-12-6-10-24(18-26)27-21-32(20-22-7-3-2-4-8-22)29(35)30(27)13-15-31(16-14-30)19-23-9-5-11-25(17-23)28(33)34/h2-12,17-18,27H,13-16,19-21H2,1H3,(H,33,34)/t27-/m0/s1. The smallest absolute Gasteiger partial charge is 0.335 e. The molecule has 2 saturated heterocycles. The van der Waals surface area contributed by atoms with E-state index in [4.69, 9.17) is 4.74 Å². The maximum atomic E-state index is 14.0. The van der Waals surface area contributed by atoms with Crippen LogP contribution in [0.15, 0.2) is 78.9 Å². The number of aromatic carboxylic acids is 1. The van der Waals surface area contributed by atoms with Crippen molar-refractivity contribution in [1.29, 1.82) is 0 Å². The van der Waals surface area contributed by atoms with Gasteiger partial charge in [0.1, 0.15) is 5.75 Å². The first-order valence-electron chi connectivity index (χ1n) is 12.5. The molecule has 2 heterocycles. The number of likely N-dealkylation sites (tertiary alicyclic amines) is 2. The van der Waals surface area contributed by atoms with Crippen LogP contribution in [-0.2, 0) is 17.9 Å².